The van der Waals surface area contributed by atoms with Gasteiger partial charge in [0.2, 0.25) is 0 Å². The molecular weight excluding hydrogens is 236 g/mol. The number of ether oxygens (including phenoxy) is 1. The largest absolute Gasteiger partial charge is 0.469 e. The van der Waals surface area contributed by atoms with E-state index in [0.717, 1.165) is 18.1 Å². The second kappa shape index (κ2) is 8.08. The van der Waals surface area contributed by atoms with E-state index >= 15 is 0 Å². The summed E-state index contributed by atoms with van der Waals surface area (Å²) in [5.41, 5.74) is 1.17. The Balaban J connectivity index is 2.32. The lowest BCUT2D eigenvalue weighted by molar-refractivity contribution is -0.140. The molecule has 94 valence electrons. The van der Waals surface area contributed by atoms with Crippen LogP contribution in [0.4, 0.5) is 0 Å². The first kappa shape index (κ1) is 14.0. The van der Waals surface area contributed by atoms with E-state index in [1.807, 2.05) is 12.3 Å². The molecule has 0 amide bonds. The van der Waals surface area contributed by atoms with Crippen molar-refractivity contribution in [3.8, 4) is 0 Å². The minimum absolute atomic E-state index is 0.179. The van der Waals surface area contributed by atoms with E-state index in [4.69, 9.17) is 0 Å². The molecule has 0 aliphatic heterocycles. The topological polar surface area (TPSA) is 51.2 Å². The molecule has 0 fully saturated rings. The van der Waals surface area contributed by atoms with Gasteiger partial charge in [0.15, 0.2) is 0 Å². The zero-order valence-corrected chi connectivity index (χ0v) is 11.0. The second-order valence-electron chi connectivity index (χ2n) is 3.46. The molecule has 1 aromatic rings. The predicted octanol–water partition coefficient (Wildman–Crippen LogP) is 1.85. The third kappa shape index (κ3) is 5.70. The maximum Gasteiger partial charge on any atom is 0.306 e. The fraction of sp³-hybridized carbons (Fsp3) is 0.500. The molecule has 5 heteroatoms. The Hall–Kier alpha value is -1.07. The van der Waals surface area contributed by atoms with E-state index < -0.39 is 0 Å². The summed E-state index contributed by atoms with van der Waals surface area (Å²) in [5, 5.41) is 4.18. The zero-order chi connectivity index (χ0) is 12.5. The number of pyridine rings is 1. The van der Waals surface area contributed by atoms with Gasteiger partial charge >= 0.3 is 5.97 Å². The number of esters is 1. The summed E-state index contributed by atoms with van der Waals surface area (Å²) >= 11 is 1.56. The molecule has 0 atom stereocenters. The Morgan fingerprint density at radius 1 is 1.53 bits per heavy atom. The van der Waals surface area contributed by atoms with Gasteiger partial charge in [-0.3, -0.25) is 4.79 Å². The maximum atomic E-state index is 10.9. The molecule has 0 saturated carbocycles. The first-order valence-corrected chi connectivity index (χ1v) is 6.60. The van der Waals surface area contributed by atoms with Gasteiger partial charge in [-0.1, -0.05) is 13.0 Å². The molecule has 1 aromatic heterocycles. The molecule has 0 spiro atoms. The number of aromatic nitrogens is 1. The van der Waals surface area contributed by atoms with Gasteiger partial charge in [-0.2, -0.15) is 0 Å². The van der Waals surface area contributed by atoms with Crippen LogP contribution in [0.5, 0.6) is 0 Å². The number of hydrogen-bond donors (Lipinski definition) is 1. The van der Waals surface area contributed by atoms with Gasteiger partial charge < -0.3 is 10.1 Å². The minimum atomic E-state index is -0.179. The van der Waals surface area contributed by atoms with Crippen molar-refractivity contribution in [2.45, 2.75) is 24.9 Å². The summed E-state index contributed by atoms with van der Waals surface area (Å²) in [6, 6.07) is 4.03. The van der Waals surface area contributed by atoms with Gasteiger partial charge in [-0.05, 0) is 18.2 Å². The van der Waals surface area contributed by atoms with Crippen molar-refractivity contribution in [2.24, 2.45) is 0 Å². The van der Waals surface area contributed by atoms with Gasteiger partial charge in [-0.25, -0.2) is 4.98 Å². The SMILES string of the molecule is CCNCc1ccc(SCCC(=O)OC)nc1. The van der Waals surface area contributed by atoms with Gasteiger partial charge in [-0.15, -0.1) is 11.8 Å². The summed E-state index contributed by atoms with van der Waals surface area (Å²) in [7, 11) is 1.40. The van der Waals surface area contributed by atoms with Crippen molar-refractivity contribution in [1.29, 1.82) is 0 Å². The summed E-state index contributed by atoms with van der Waals surface area (Å²) in [5.74, 6) is 0.521. The van der Waals surface area contributed by atoms with Crippen molar-refractivity contribution >= 4 is 17.7 Å². The molecule has 4 nitrogen and oxygen atoms in total. The Morgan fingerprint density at radius 3 is 2.94 bits per heavy atom. The van der Waals surface area contributed by atoms with Crippen LogP contribution in [0.2, 0.25) is 0 Å². The summed E-state index contributed by atoms with van der Waals surface area (Å²) < 4.78 is 4.57. The minimum Gasteiger partial charge on any atom is -0.469 e. The first-order chi connectivity index (χ1) is 8.26. The van der Waals surface area contributed by atoms with E-state index in [0.29, 0.717) is 12.2 Å². The maximum absolute atomic E-state index is 10.9. The average molecular weight is 254 g/mol. The van der Waals surface area contributed by atoms with Gasteiger partial charge in [0, 0.05) is 18.5 Å². The van der Waals surface area contributed by atoms with E-state index in [2.05, 4.69) is 28.0 Å². The average Bonchev–Trinajstić information content (AvgIpc) is 2.37. The lowest BCUT2D eigenvalue weighted by Crippen LogP contribution is -2.11. The fourth-order valence-electron chi connectivity index (χ4n) is 1.21. The van der Waals surface area contributed by atoms with E-state index in [9.17, 15) is 4.79 Å². The van der Waals surface area contributed by atoms with Crippen LogP contribution in [-0.4, -0.2) is 30.4 Å². The number of nitrogens with zero attached hydrogens (tertiary/aromatic N) is 1. The molecule has 1 N–H and O–H groups in total. The first-order valence-electron chi connectivity index (χ1n) is 5.61. The van der Waals surface area contributed by atoms with Crippen LogP contribution in [0.25, 0.3) is 0 Å². The molecule has 1 rings (SSSR count). The normalized spacial score (nSPS) is 10.2. The molecule has 0 unspecified atom stereocenters. The van der Waals surface area contributed by atoms with E-state index in [-0.39, 0.29) is 5.97 Å². The van der Waals surface area contributed by atoms with Crippen molar-refractivity contribution in [3.63, 3.8) is 0 Å². The summed E-state index contributed by atoms with van der Waals surface area (Å²) in [4.78, 5) is 15.2. The number of nitrogens with one attached hydrogen (secondary N) is 1. The molecular formula is C12H18N2O2S. The molecule has 1 heterocycles. The lowest BCUT2D eigenvalue weighted by atomic mass is 10.3. The molecule has 0 aliphatic carbocycles. The lowest BCUT2D eigenvalue weighted by Gasteiger charge is -2.03. The number of carbonyl (C=O) groups is 1. The van der Waals surface area contributed by atoms with Crippen LogP contribution in [-0.2, 0) is 16.1 Å². The standard InChI is InChI=1S/C12H18N2O2S/c1-3-13-8-10-4-5-11(14-9-10)17-7-6-12(15)16-2/h4-5,9,13H,3,6-8H2,1-2H3. The predicted molar refractivity (Wildman–Crippen MR) is 69.0 cm³/mol. The number of methoxy groups -OCH3 is 1. The van der Waals surface area contributed by atoms with Crippen molar-refractivity contribution in [3.05, 3.63) is 23.9 Å². The van der Waals surface area contributed by atoms with Crippen LogP contribution in [0, 0.1) is 0 Å². The van der Waals surface area contributed by atoms with Crippen molar-refractivity contribution in [1.82, 2.24) is 10.3 Å². The Labute approximate surface area is 106 Å². The third-order valence-electron chi connectivity index (χ3n) is 2.16. The smallest absolute Gasteiger partial charge is 0.306 e. The Bertz CT molecular complexity index is 341. The monoisotopic (exact) mass is 254 g/mol. The number of hydrogen-bond acceptors (Lipinski definition) is 5. The molecule has 0 saturated heterocycles. The summed E-state index contributed by atoms with van der Waals surface area (Å²) in [6.45, 7) is 3.87. The van der Waals surface area contributed by atoms with Crippen LogP contribution in [0.1, 0.15) is 18.9 Å². The highest BCUT2D eigenvalue weighted by molar-refractivity contribution is 7.99. The molecule has 0 aromatic carbocycles. The van der Waals surface area contributed by atoms with Gasteiger partial charge in [0.05, 0.1) is 18.6 Å². The van der Waals surface area contributed by atoms with Gasteiger partial charge in [0.1, 0.15) is 0 Å². The quantitative estimate of drug-likeness (QED) is 0.594. The Kier molecular flexibility index (Phi) is 6.65. The highest BCUT2D eigenvalue weighted by atomic mass is 32.2. The van der Waals surface area contributed by atoms with E-state index in [1.165, 1.54) is 12.7 Å². The zero-order valence-electron chi connectivity index (χ0n) is 10.2. The van der Waals surface area contributed by atoms with Crippen LogP contribution in [0.3, 0.4) is 0 Å². The number of thioether (sulfide) groups is 1. The molecule has 17 heavy (non-hydrogen) atoms. The van der Waals surface area contributed by atoms with Gasteiger partial charge in [0.25, 0.3) is 0 Å². The van der Waals surface area contributed by atoms with Crippen LogP contribution >= 0.6 is 11.8 Å². The summed E-state index contributed by atoms with van der Waals surface area (Å²) in [6.07, 6.45) is 2.28. The molecule has 0 bridgehead atoms. The van der Waals surface area contributed by atoms with Crippen molar-refractivity contribution < 1.29 is 9.53 Å². The van der Waals surface area contributed by atoms with Crippen molar-refractivity contribution in [2.75, 3.05) is 19.4 Å². The molecule has 0 aliphatic rings. The second-order valence-corrected chi connectivity index (χ2v) is 4.57. The highest BCUT2D eigenvalue weighted by Crippen LogP contribution is 2.16. The van der Waals surface area contributed by atoms with Crippen LogP contribution in [0.15, 0.2) is 23.4 Å². The van der Waals surface area contributed by atoms with E-state index in [1.54, 1.807) is 11.8 Å². The fourth-order valence-corrected chi connectivity index (χ4v) is 1.98. The van der Waals surface area contributed by atoms with Crippen LogP contribution < -0.4 is 5.32 Å². The highest BCUT2D eigenvalue weighted by Gasteiger charge is 2.01. The number of rotatable bonds is 7. The Morgan fingerprint density at radius 2 is 2.35 bits per heavy atom. The molecule has 0 radical (unpaired) electrons. The third-order valence-corrected chi connectivity index (χ3v) is 3.11. The number of carbonyl (C=O) groups excluding carboxylic acids is 1.